The Kier molecular flexibility index (Phi) is 7.31. The van der Waals surface area contributed by atoms with Crippen LogP contribution in [0, 0.1) is 5.82 Å². The summed E-state index contributed by atoms with van der Waals surface area (Å²) in [6.45, 7) is 4.10. The van der Waals surface area contributed by atoms with E-state index >= 15 is 0 Å². The molecule has 108 valence electrons. The van der Waals surface area contributed by atoms with Crippen molar-refractivity contribution in [3.63, 3.8) is 0 Å². The Labute approximate surface area is 120 Å². The normalized spacial score (nSPS) is 17.8. The topological polar surface area (TPSA) is 35.5 Å². The number of benzene rings is 1. The minimum absolute atomic E-state index is 0. The van der Waals surface area contributed by atoms with E-state index in [1.807, 2.05) is 6.07 Å². The summed E-state index contributed by atoms with van der Waals surface area (Å²) in [5.74, 6) is -0.184. The van der Waals surface area contributed by atoms with E-state index in [9.17, 15) is 4.39 Å². The third-order valence-corrected chi connectivity index (χ3v) is 3.46. The maximum Gasteiger partial charge on any atom is 0.123 e. The molecule has 1 aliphatic heterocycles. The van der Waals surface area contributed by atoms with Crippen molar-refractivity contribution in [1.82, 2.24) is 10.2 Å². The monoisotopic (exact) mass is 288 g/mol. The lowest BCUT2D eigenvalue weighted by Crippen LogP contribution is -2.45. The van der Waals surface area contributed by atoms with Gasteiger partial charge in [-0.25, -0.2) is 4.39 Å². The lowest BCUT2D eigenvalue weighted by atomic mass is 9.99. The molecule has 2 N–H and O–H groups in total. The van der Waals surface area contributed by atoms with Gasteiger partial charge in [0.05, 0.1) is 0 Å². The Hall–Kier alpha value is -0.680. The van der Waals surface area contributed by atoms with Crippen LogP contribution in [0.2, 0.25) is 0 Å². The Morgan fingerprint density at radius 2 is 2.05 bits per heavy atom. The quantitative estimate of drug-likeness (QED) is 0.869. The number of hydrogen-bond donors (Lipinski definition) is 2. The molecule has 1 aromatic carbocycles. The lowest BCUT2D eigenvalue weighted by molar-refractivity contribution is 0.154. The summed E-state index contributed by atoms with van der Waals surface area (Å²) in [5, 5.41) is 12.3. The molecule has 0 aliphatic carbocycles. The second-order valence-electron chi connectivity index (χ2n) is 4.72. The van der Waals surface area contributed by atoms with Crippen molar-refractivity contribution in [3.8, 4) is 0 Å². The highest BCUT2D eigenvalue weighted by Gasteiger charge is 2.21. The fourth-order valence-corrected chi connectivity index (χ4v) is 2.55. The van der Waals surface area contributed by atoms with Crippen molar-refractivity contribution in [1.29, 1.82) is 0 Å². The number of nitrogens with zero attached hydrogens (tertiary/aromatic N) is 1. The van der Waals surface area contributed by atoms with Gasteiger partial charge in [0, 0.05) is 38.8 Å². The SMILES string of the molecule is Cl.OCCC[C@H](c1cccc(F)c1)N1CCNCC1. The molecule has 0 spiro atoms. The molecule has 0 saturated carbocycles. The number of piperazine rings is 1. The molecule has 0 aromatic heterocycles. The van der Waals surface area contributed by atoms with E-state index in [1.54, 1.807) is 12.1 Å². The van der Waals surface area contributed by atoms with Gasteiger partial charge >= 0.3 is 0 Å². The number of rotatable bonds is 5. The molecule has 3 nitrogen and oxygen atoms in total. The second kappa shape index (κ2) is 8.48. The zero-order chi connectivity index (χ0) is 12.8. The zero-order valence-corrected chi connectivity index (χ0v) is 11.8. The summed E-state index contributed by atoms with van der Waals surface area (Å²) in [4.78, 5) is 2.38. The third kappa shape index (κ3) is 4.73. The van der Waals surface area contributed by atoms with E-state index < -0.39 is 0 Å². The van der Waals surface area contributed by atoms with Crippen molar-refractivity contribution in [2.75, 3.05) is 32.8 Å². The van der Waals surface area contributed by atoms with E-state index in [4.69, 9.17) is 5.11 Å². The van der Waals surface area contributed by atoms with Crippen LogP contribution in [0.5, 0.6) is 0 Å². The van der Waals surface area contributed by atoms with Crippen LogP contribution in [0.15, 0.2) is 24.3 Å². The molecule has 2 rings (SSSR count). The molecule has 19 heavy (non-hydrogen) atoms. The number of hydrogen-bond acceptors (Lipinski definition) is 3. The molecule has 0 bridgehead atoms. The Bertz CT molecular complexity index is 372. The highest BCUT2D eigenvalue weighted by atomic mass is 35.5. The van der Waals surface area contributed by atoms with Gasteiger partial charge in [-0.15, -0.1) is 12.4 Å². The number of halogens is 2. The first kappa shape index (κ1) is 16.4. The van der Waals surface area contributed by atoms with E-state index in [0.717, 1.165) is 44.6 Å². The van der Waals surface area contributed by atoms with Gasteiger partial charge in [-0.1, -0.05) is 12.1 Å². The van der Waals surface area contributed by atoms with E-state index in [-0.39, 0.29) is 30.9 Å². The van der Waals surface area contributed by atoms with Crippen molar-refractivity contribution in [3.05, 3.63) is 35.6 Å². The average Bonchev–Trinajstić information content (AvgIpc) is 2.40. The van der Waals surface area contributed by atoms with Crippen molar-refractivity contribution in [2.24, 2.45) is 0 Å². The smallest absolute Gasteiger partial charge is 0.123 e. The van der Waals surface area contributed by atoms with E-state index in [1.165, 1.54) is 6.07 Å². The predicted molar refractivity (Wildman–Crippen MR) is 77.2 cm³/mol. The van der Waals surface area contributed by atoms with Gasteiger partial charge < -0.3 is 10.4 Å². The lowest BCUT2D eigenvalue weighted by Gasteiger charge is -2.35. The van der Waals surface area contributed by atoms with Gasteiger partial charge in [-0.3, -0.25) is 4.90 Å². The predicted octanol–water partition coefficient (Wildman–Crippen LogP) is 1.97. The molecular formula is C14H22ClFN2O. The summed E-state index contributed by atoms with van der Waals surface area (Å²) >= 11 is 0. The van der Waals surface area contributed by atoms with Crippen LogP contribution in [0.25, 0.3) is 0 Å². The number of aliphatic hydroxyl groups excluding tert-OH is 1. The molecule has 1 fully saturated rings. The number of nitrogens with one attached hydrogen (secondary N) is 1. The maximum absolute atomic E-state index is 13.3. The fourth-order valence-electron chi connectivity index (χ4n) is 2.55. The fraction of sp³-hybridized carbons (Fsp3) is 0.571. The first-order valence-corrected chi connectivity index (χ1v) is 6.62. The van der Waals surface area contributed by atoms with Gasteiger partial charge in [-0.05, 0) is 30.5 Å². The maximum atomic E-state index is 13.3. The van der Waals surface area contributed by atoms with Gasteiger partial charge in [0.15, 0.2) is 0 Å². The molecular weight excluding hydrogens is 267 g/mol. The molecule has 1 atom stereocenters. The molecule has 5 heteroatoms. The highest BCUT2D eigenvalue weighted by molar-refractivity contribution is 5.85. The Morgan fingerprint density at radius 1 is 1.32 bits per heavy atom. The molecule has 0 unspecified atom stereocenters. The van der Waals surface area contributed by atoms with Crippen LogP contribution in [-0.4, -0.2) is 42.8 Å². The zero-order valence-electron chi connectivity index (χ0n) is 11.0. The highest BCUT2D eigenvalue weighted by Crippen LogP contribution is 2.26. The van der Waals surface area contributed by atoms with Gasteiger partial charge in [0.25, 0.3) is 0 Å². The summed E-state index contributed by atoms with van der Waals surface area (Å²) in [6.07, 6.45) is 1.63. The van der Waals surface area contributed by atoms with Crippen LogP contribution < -0.4 is 5.32 Å². The van der Waals surface area contributed by atoms with Gasteiger partial charge in [-0.2, -0.15) is 0 Å². The molecule has 1 saturated heterocycles. The second-order valence-corrected chi connectivity index (χ2v) is 4.72. The van der Waals surface area contributed by atoms with Crippen LogP contribution in [-0.2, 0) is 0 Å². The average molecular weight is 289 g/mol. The molecule has 0 amide bonds. The summed E-state index contributed by atoms with van der Waals surface area (Å²) in [5.41, 5.74) is 1.02. The summed E-state index contributed by atoms with van der Waals surface area (Å²) < 4.78 is 13.3. The first-order chi connectivity index (χ1) is 8.81. The number of aliphatic hydroxyl groups is 1. The molecule has 1 aliphatic rings. The molecule has 0 radical (unpaired) electrons. The molecule has 1 heterocycles. The van der Waals surface area contributed by atoms with Crippen LogP contribution >= 0.6 is 12.4 Å². The molecule has 1 aromatic rings. The Balaban J connectivity index is 0.00000180. The van der Waals surface area contributed by atoms with Crippen molar-refractivity contribution >= 4 is 12.4 Å². The van der Waals surface area contributed by atoms with Crippen molar-refractivity contribution in [2.45, 2.75) is 18.9 Å². The standard InChI is InChI=1S/C14H21FN2O.ClH/c15-13-4-1-3-12(11-13)14(5-2-10-18)17-8-6-16-7-9-17;/h1,3-4,11,14,16,18H,2,5-10H2;1H/t14-;/m1./s1. The van der Waals surface area contributed by atoms with Crippen LogP contribution in [0.1, 0.15) is 24.4 Å². The minimum atomic E-state index is -0.184. The minimum Gasteiger partial charge on any atom is -0.396 e. The van der Waals surface area contributed by atoms with Gasteiger partial charge in [0.2, 0.25) is 0 Å². The van der Waals surface area contributed by atoms with Crippen LogP contribution in [0.4, 0.5) is 4.39 Å². The van der Waals surface area contributed by atoms with Crippen molar-refractivity contribution < 1.29 is 9.50 Å². The summed E-state index contributed by atoms with van der Waals surface area (Å²) in [6, 6.07) is 7.05. The van der Waals surface area contributed by atoms with E-state index in [0.29, 0.717) is 0 Å². The summed E-state index contributed by atoms with van der Waals surface area (Å²) in [7, 11) is 0. The van der Waals surface area contributed by atoms with E-state index in [2.05, 4.69) is 10.2 Å². The van der Waals surface area contributed by atoms with Crippen LogP contribution in [0.3, 0.4) is 0 Å². The van der Waals surface area contributed by atoms with Gasteiger partial charge in [0.1, 0.15) is 5.82 Å². The third-order valence-electron chi connectivity index (χ3n) is 3.46. The first-order valence-electron chi connectivity index (χ1n) is 6.62. The largest absolute Gasteiger partial charge is 0.396 e. The Morgan fingerprint density at radius 3 is 2.68 bits per heavy atom.